The van der Waals surface area contributed by atoms with Crippen molar-refractivity contribution in [2.24, 2.45) is 0 Å². The average molecular weight is 277 g/mol. The first-order chi connectivity index (χ1) is 9.24. The molecule has 2 nitrogen and oxygen atoms in total. The van der Waals surface area contributed by atoms with E-state index in [1.807, 2.05) is 18.2 Å². The lowest BCUT2D eigenvalue weighted by molar-refractivity contribution is 0.100. The molecular weight excluding hydrogens is 260 g/mol. The topological polar surface area (TPSA) is 29.5 Å². The molecule has 0 heterocycles. The molecule has 2 aromatic rings. The molecule has 2 rings (SSSR count). The van der Waals surface area contributed by atoms with Crippen molar-refractivity contribution in [3.05, 3.63) is 65.2 Å². The Hall–Kier alpha value is -1.51. The number of ether oxygens (including phenoxy) is 1. The first-order valence-electron chi connectivity index (χ1n) is 6.34. The van der Waals surface area contributed by atoms with Crippen LogP contribution in [0.1, 0.15) is 12.0 Å². The van der Waals surface area contributed by atoms with Gasteiger partial charge in [-0.3, -0.25) is 0 Å². The van der Waals surface area contributed by atoms with Gasteiger partial charge >= 0.3 is 0 Å². The van der Waals surface area contributed by atoms with E-state index >= 15 is 0 Å². The van der Waals surface area contributed by atoms with Gasteiger partial charge in [0.2, 0.25) is 0 Å². The predicted molar refractivity (Wildman–Crippen MR) is 77.7 cm³/mol. The van der Waals surface area contributed by atoms with Gasteiger partial charge in [0.15, 0.2) is 0 Å². The molecule has 0 spiro atoms. The fraction of sp³-hybridized carbons (Fsp3) is 0.250. The third kappa shape index (κ3) is 4.93. The molecule has 0 fully saturated rings. The van der Waals surface area contributed by atoms with Crippen LogP contribution in [0.25, 0.3) is 0 Å². The fourth-order valence-electron chi connectivity index (χ4n) is 1.78. The highest BCUT2D eigenvalue weighted by Gasteiger charge is 2.05. The van der Waals surface area contributed by atoms with E-state index in [1.165, 1.54) is 5.56 Å². The molecule has 19 heavy (non-hydrogen) atoms. The van der Waals surface area contributed by atoms with E-state index in [-0.39, 0.29) is 0 Å². The molecule has 0 saturated carbocycles. The molecule has 0 aliphatic carbocycles. The maximum absolute atomic E-state index is 9.88. The SMILES string of the molecule is OC(CCc1ccccc1)COc1ccc(Cl)cc1. The van der Waals surface area contributed by atoms with E-state index in [0.717, 1.165) is 12.2 Å². The van der Waals surface area contributed by atoms with Crippen LogP contribution in [-0.4, -0.2) is 17.8 Å². The minimum absolute atomic E-state index is 0.300. The van der Waals surface area contributed by atoms with E-state index in [9.17, 15) is 5.11 Å². The molecule has 1 unspecified atom stereocenters. The number of halogens is 1. The van der Waals surface area contributed by atoms with Gasteiger partial charge in [0.25, 0.3) is 0 Å². The van der Waals surface area contributed by atoms with Gasteiger partial charge in [0, 0.05) is 5.02 Å². The molecule has 0 aromatic heterocycles. The largest absolute Gasteiger partial charge is 0.491 e. The summed E-state index contributed by atoms with van der Waals surface area (Å²) >= 11 is 5.79. The number of aliphatic hydroxyl groups excluding tert-OH is 1. The second-order valence-electron chi connectivity index (χ2n) is 4.44. The van der Waals surface area contributed by atoms with Crippen LogP contribution in [0, 0.1) is 0 Å². The lowest BCUT2D eigenvalue weighted by Crippen LogP contribution is -2.18. The molecule has 100 valence electrons. The Morgan fingerprint density at radius 3 is 2.37 bits per heavy atom. The highest BCUT2D eigenvalue weighted by molar-refractivity contribution is 6.30. The molecule has 3 heteroatoms. The monoisotopic (exact) mass is 276 g/mol. The van der Waals surface area contributed by atoms with E-state index in [1.54, 1.807) is 24.3 Å². The summed E-state index contributed by atoms with van der Waals surface area (Å²) in [5.41, 5.74) is 1.23. The fourth-order valence-corrected chi connectivity index (χ4v) is 1.91. The summed E-state index contributed by atoms with van der Waals surface area (Å²) in [7, 11) is 0. The highest BCUT2D eigenvalue weighted by atomic mass is 35.5. The van der Waals surface area contributed by atoms with Crippen LogP contribution in [0.3, 0.4) is 0 Å². The Morgan fingerprint density at radius 1 is 1.00 bits per heavy atom. The maximum Gasteiger partial charge on any atom is 0.119 e. The maximum atomic E-state index is 9.88. The van der Waals surface area contributed by atoms with Gasteiger partial charge in [-0.15, -0.1) is 0 Å². The lowest BCUT2D eigenvalue weighted by atomic mass is 10.1. The Labute approximate surface area is 118 Å². The van der Waals surface area contributed by atoms with Crippen LogP contribution in [0.15, 0.2) is 54.6 Å². The van der Waals surface area contributed by atoms with Crippen LogP contribution >= 0.6 is 11.6 Å². The van der Waals surface area contributed by atoms with Crippen molar-refractivity contribution in [3.8, 4) is 5.75 Å². The van der Waals surface area contributed by atoms with Crippen LogP contribution in [0.2, 0.25) is 5.02 Å². The van der Waals surface area contributed by atoms with E-state index < -0.39 is 6.10 Å². The van der Waals surface area contributed by atoms with Gasteiger partial charge in [-0.05, 0) is 42.7 Å². The number of hydrogen-bond donors (Lipinski definition) is 1. The van der Waals surface area contributed by atoms with Crippen LogP contribution in [0.4, 0.5) is 0 Å². The summed E-state index contributed by atoms with van der Waals surface area (Å²) in [6.45, 7) is 0.300. The molecule has 0 saturated heterocycles. The zero-order chi connectivity index (χ0) is 13.5. The summed E-state index contributed by atoms with van der Waals surface area (Å²) in [6, 6.07) is 17.3. The quantitative estimate of drug-likeness (QED) is 0.871. The van der Waals surface area contributed by atoms with E-state index in [2.05, 4.69) is 12.1 Å². The lowest BCUT2D eigenvalue weighted by Gasteiger charge is -2.12. The van der Waals surface area contributed by atoms with Crippen molar-refractivity contribution in [1.82, 2.24) is 0 Å². The van der Waals surface area contributed by atoms with Crippen molar-refractivity contribution in [3.63, 3.8) is 0 Å². The number of hydrogen-bond acceptors (Lipinski definition) is 2. The van der Waals surface area contributed by atoms with Gasteiger partial charge in [-0.2, -0.15) is 0 Å². The minimum atomic E-state index is -0.462. The molecule has 0 radical (unpaired) electrons. The number of rotatable bonds is 6. The Bertz CT molecular complexity index is 482. The summed E-state index contributed by atoms with van der Waals surface area (Å²) in [4.78, 5) is 0. The third-order valence-corrected chi connectivity index (χ3v) is 3.12. The summed E-state index contributed by atoms with van der Waals surface area (Å²) < 4.78 is 5.50. The number of benzene rings is 2. The number of aliphatic hydroxyl groups is 1. The third-order valence-electron chi connectivity index (χ3n) is 2.87. The van der Waals surface area contributed by atoms with Crippen LogP contribution in [-0.2, 0) is 6.42 Å². The first-order valence-corrected chi connectivity index (χ1v) is 6.72. The van der Waals surface area contributed by atoms with Crippen LogP contribution < -0.4 is 4.74 Å². The summed E-state index contributed by atoms with van der Waals surface area (Å²) in [5.74, 6) is 0.725. The Kier molecular flexibility index (Phi) is 5.25. The molecule has 1 atom stereocenters. The normalized spacial score (nSPS) is 12.1. The second kappa shape index (κ2) is 7.17. The predicted octanol–water partition coefficient (Wildman–Crippen LogP) is 3.71. The zero-order valence-corrected chi connectivity index (χ0v) is 11.4. The molecule has 0 aliphatic rings. The second-order valence-corrected chi connectivity index (χ2v) is 4.88. The van der Waals surface area contributed by atoms with Crippen molar-refractivity contribution < 1.29 is 9.84 Å². The molecular formula is C16H17ClO2. The molecule has 1 N–H and O–H groups in total. The highest BCUT2D eigenvalue weighted by Crippen LogP contribution is 2.16. The standard InChI is InChI=1S/C16H17ClO2/c17-14-7-10-16(11-8-14)19-12-15(18)9-6-13-4-2-1-3-5-13/h1-5,7-8,10-11,15,18H,6,9,12H2. The Balaban J connectivity index is 1.72. The van der Waals surface area contributed by atoms with Gasteiger partial charge in [-0.1, -0.05) is 41.9 Å². The number of aryl methyl sites for hydroxylation is 1. The summed E-state index contributed by atoms with van der Waals surface area (Å²) in [5, 5.41) is 10.6. The Morgan fingerprint density at radius 2 is 1.68 bits per heavy atom. The van der Waals surface area contributed by atoms with Crippen molar-refractivity contribution in [2.45, 2.75) is 18.9 Å². The van der Waals surface area contributed by atoms with Gasteiger partial charge in [0.1, 0.15) is 12.4 Å². The van der Waals surface area contributed by atoms with E-state index in [4.69, 9.17) is 16.3 Å². The van der Waals surface area contributed by atoms with Crippen molar-refractivity contribution >= 4 is 11.6 Å². The van der Waals surface area contributed by atoms with Gasteiger partial charge in [0.05, 0.1) is 6.10 Å². The van der Waals surface area contributed by atoms with Gasteiger partial charge in [-0.25, -0.2) is 0 Å². The molecule has 0 amide bonds. The van der Waals surface area contributed by atoms with Crippen molar-refractivity contribution in [1.29, 1.82) is 0 Å². The zero-order valence-electron chi connectivity index (χ0n) is 10.6. The smallest absolute Gasteiger partial charge is 0.119 e. The summed E-state index contributed by atoms with van der Waals surface area (Å²) in [6.07, 6.45) is 1.08. The molecule has 2 aromatic carbocycles. The average Bonchev–Trinajstić information content (AvgIpc) is 2.45. The van der Waals surface area contributed by atoms with Crippen LogP contribution in [0.5, 0.6) is 5.75 Å². The minimum Gasteiger partial charge on any atom is -0.491 e. The van der Waals surface area contributed by atoms with Crippen molar-refractivity contribution in [2.75, 3.05) is 6.61 Å². The molecule has 0 aliphatic heterocycles. The first kappa shape index (κ1) is 13.9. The van der Waals surface area contributed by atoms with Gasteiger partial charge < -0.3 is 9.84 Å². The molecule has 0 bridgehead atoms. The van der Waals surface area contributed by atoms with E-state index in [0.29, 0.717) is 18.1 Å².